The van der Waals surface area contributed by atoms with E-state index >= 15 is 0 Å². The van der Waals surface area contributed by atoms with E-state index in [1.54, 1.807) is 30.3 Å². The summed E-state index contributed by atoms with van der Waals surface area (Å²) in [4.78, 5) is 0. The average molecular weight is 527 g/mol. The molecule has 0 aliphatic heterocycles. The van der Waals surface area contributed by atoms with Crippen LogP contribution in [0.2, 0.25) is 0 Å². The van der Waals surface area contributed by atoms with Crippen molar-refractivity contribution in [2.45, 2.75) is 85.7 Å². The minimum absolute atomic E-state index is 0.286. The Labute approximate surface area is 205 Å². The van der Waals surface area contributed by atoms with E-state index in [0.717, 1.165) is 0 Å². The van der Waals surface area contributed by atoms with E-state index in [0.29, 0.717) is 5.56 Å². The van der Waals surface area contributed by atoms with Gasteiger partial charge in [0, 0.05) is 0 Å². The Bertz CT molecular complexity index is 776. The smallest absolute Gasteiger partial charge is 0.324 e. The molecule has 7 nitrogen and oxygen atoms in total. The van der Waals surface area contributed by atoms with Gasteiger partial charge in [0.1, 0.15) is 0 Å². The molecule has 0 saturated carbocycles. The standard InChI is InChI=1S/C16H36N.C7H8O6S3/c1-5-9-13-17(14-10-6-2,15-11-7-3)16-12-8-4;8-15(9,10)14-16(11,12)13-6-7-4-2-1-3-5-7/h5-16H2,1-4H3;1-5H,6H2,(H,8,9,10)/q+1;. The molecular formula is C23H44NO6S3+. The Hall–Kier alpha value is -0.650. The summed E-state index contributed by atoms with van der Waals surface area (Å²) >= 11 is 0. The third kappa shape index (κ3) is 17.4. The molecule has 0 radical (unpaired) electrons. The lowest BCUT2D eigenvalue weighted by Crippen LogP contribution is -2.50. The highest BCUT2D eigenvalue weighted by Crippen LogP contribution is 2.21. The fraction of sp³-hybridized carbons (Fsp3) is 0.739. The van der Waals surface area contributed by atoms with Gasteiger partial charge in [0.05, 0.1) is 32.8 Å². The summed E-state index contributed by atoms with van der Waals surface area (Å²) in [6.45, 7) is 14.7. The van der Waals surface area contributed by atoms with Gasteiger partial charge in [0.15, 0.2) is 9.83 Å². The first-order valence-corrected chi connectivity index (χ1v) is 16.7. The Morgan fingerprint density at radius 1 is 0.758 bits per heavy atom. The lowest BCUT2D eigenvalue weighted by atomic mass is 10.1. The maximum absolute atomic E-state index is 11.0. The van der Waals surface area contributed by atoms with E-state index in [2.05, 4.69) is 31.9 Å². The van der Waals surface area contributed by atoms with Gasteiger partial charge >= 0.3 is 18.3 Å². The predicted octanol–water partition coefficient (Wildman–Crippen LogP) is 5.99. The molecule has 0 heterocycles. The molecule has 0 spiro atoms. The monoisotopic (exact) mass is 526 g/mol. The van der Waals surface area contributed by atoms with Gasteiger partial charge in [0.2, 0.25) is 0 Å². The van der Waals surface area contributed by atoms with Gasteiger partial charge in [0.25, 0.3) is 0 Å². The molecule has 0 unspecified atom stereocenters. The van der Waals surface area contributed by atoms with Crippen molar-refractivity contribution < 1.29 is 30.1 Å². The Balaban J connectivity index is 0.000000621. The number of nitrogens with zero attached hydrogens (tertiary/aromatic N) is 1. The highest BCUT2D eigenvalue weighted by atomic mass is 33.5. The summed E-state index contributed by atoms with van der Waals surface area (Å²) < 4.78 is 56.8. The normalized spacial score (nSPS) is 12.3. The van der Waals surface area contributed by atoms with Crippen molar-refractivity contribution in [1.82, 2.24) is 0 Å². The number of unbranched alkanes of at least 4 members (excludes halogenated alkanes) is 4. The van der Waals surface area contributed by atoms with E-state index in [9.17, 15) is 16.8 Å². The maximum Gasteiger partial charge on any atom is 0.339 e. The minimum atomic E-state index is -4.68. The minimum Gasteiger partial charge on any atom is -0.324 e. The molecule has 0 bridgehead atoms. The van der Waals surface area contributed by atoms with Crippen LogP contribution >= 0.6 is 9.83 Å². The Morgan fingerprint density at radius 2 is 1.15 bits per heavy atom. The van der Waals surface area contributed by atoms with E-state index in [1.165, 1.54) is 82.0 Å². The van der Waals surface area contributed by atoms with Gasteiger partial charge in [-0.25, -0.2) is 0 Å². The summed E-state index contributed by atoms with van der Waals surface area (Å²) in [5.41, 5.74) is 0.571. The molecule has 0 amide bonds. The molecule has 0 saturated heterocycles. The molecule has 194 valence electrons. The van der Waals surface area contributed by atoms with Crippen LogP contribution in [-0.4, -0.2) is 52.1 Å². The Morgan fingerprint density at radius 3 is 1.48 bits per heavy atom. The van der Waals surface area contributed by atoms with E-state index in [4.69, 9.17) is 4.55 Å². The summed E-state index contributed by atoms with van der Waals surface area (Å²) in [5, 5.41) is 0. The second-order valence-electron chi connectivity index (χ2n) is 8.30. The zero-order chi connectivity index (χ0) is 25.2. The van der Waals surface area contributed by atoms with Crippen molar-refractivity contribution in [3.8, 4) is 0 Å². The maximum atomic E-state index is 11.0. The van der Waals surface area contributed by atoms with Crippen LogP contribution in [0.15, 0.2) is 30.3 Å². The number of benzene rings is 1. The summed E-state index contributed by atoms with van der Waals surface area (Å²) in [6.07, 6.45) is 11.1. The van der Waals surface area contributed by atoms with Gasteiger partial charge in [-0.3, -0.25) is 8.74 Å². The zero-order valence-electron chi connectivity index (χ0n) is 20.7. The van der Waals surface area contributed by atoms with Gasteiger partial charge in [-0.2, -0.15) is 16.8 Å². The zero-order valence-corrected chi connectivity index (χ0v) is 23.2. The van der Waals surface area contributed by atoms with Crippen molar-refractivity contribution in [1.29, 1.82) is 0 Å². The number of hydrogen-bond acceptors (Lipinski definition) is 6. The fourth-order valence-corrected chi connectivity index (χ4v) is 7.16. The first kappa shape index (κ1) is 32.4. The van der Waals surface area contributed by atoms with E-state index in [1.807, 2.05) is 0 Å². The molecule has 0 atom stereocenters. The third-order valence-corrected chi connectivity index (χ3v) is 10.4. The van der Waals surface area contributed by atoms with Crippen LogP contribution in [-0.2, 0) is 29.1 Å². The van der Waals surface area contributed by atoms with Crippen LogP contribution in [0.3, 0.4) is 0 Å². The third-order valence-electron chi connectivity index (χ3n) is 5.33. The van der Waals surface area contributed by atoms with Gasteiger partial charge in [-0.15, -0.1) is 0 Å². The highest BCUT2D eigenvalue weighted by molar-refractivity contribution is 9.02. The number of rotatable bonds is 17. The van der Waals surface area contributed by atoms with E-state index in [-0.39, 0.29) is 6.61 Å². The fourth-order valence-electron chi connectivity index (χ4n) is 3.48. The molecule has 1 rings (SSSR count). The SMILES string of the molecule is CCCC[N+](CCCC)(CCCC)CCCC.O=S(=O)(O)SS(=O)(=O)OCc1ccccc1. The molecular weight excluding hydrogens is 482 g/mol. The van der Waals surface area contributed by atoms with Crippen LogP contribution < -0.4 is 0 Å². The summed E-state index contributed by atoms with van der Waals surface area (Å²) in [6, 6.07) is 8.34. The molecule has 0 aromatic heterocycles. The summed E-state index contributed by atoms with van der Waals surface area (Å²) in [7, 11) is -9.69. The second kappa shape index (κ2) is 17.7. The Kier molecular flexibility index (Phi) is 17.4. The van der Waals surface area contributed by atoms with Crippen LogP contribution in [0.5, 0.6) is 0 Å². The van der Waals surface area contributed by atoms with Crippen molar-refractivity contribution in [2.75, 3.05) is 26.2 Å². The van der Waals surface area contributed by atoms with Gasteiger partial charge < -0.3 is 4.48 Å². The lowest BCUT2D eigenvalue weighted by molar-refractivity contribution is -0.929. The molecule has 1 N–H and O–H groups in total. The molecule has 0 aliphatic carbocycles. The van der Waals surface area contributed by atoms with Crippen molar-refractivity contribution in [2.24, 2.45) is 0 Å². The van der Waals surface area contributed by atoms with Crippen LogP contribution in [0.25, 0.3) is 0 Å². The highest BCUT2D eigenvalue weighted by Gasteiger charge is 2.25. The molecule has 0 fully saturated rings. The second-order valence-corrected chi connectivity index (χ2v) is 14.5. The molecule has 1 aromatic rings. The lowest BCUT2D eigenvalue weighted by Gasteiger charge is -2.39. The molecule has 1 aromatic carbocycles. The number of quaternary nitrogens is 1. The van der Waals surface area contributed by atoms with Gasteiger partial charge in [-0.1, -0.05) is 83.7 Å². The van der Waals surface area contributed by atoms with Crippen LogP contribution in [0.1, 0.15) is 84.6 Å². The predicted molar refractivity (Wildman–Crippen MR) is 139 cm³/mol. The first-order chi connectivity index (χ1) is 15.5. The molecule has 10 heteroatoms. The van der Waals surface area contributed by atoms with Crippen LogP contribution in [0, 0.1) is 0 Å². The van der Waals surface area contributed by atoms with Crippen LogP contribution in [0.4, 0.5) is 0 Å². The van der Waals surface area contributed by atoms with E-state index < -0.39 is 28.1 Å². The first-order valence-electron chi connectivity index (χ1n) is 12.0. The number of hydrogen-bond donors (Lipinski definition) is 1. The summed E-state index contributed by atoms with van der Waals surface area (Å²) in [5.74, 6) is 0. The largest absolute Gasteiger partial charge is 0.339 e. The van der Waals surface area contributed by atoms with Crippen molar-refractivity contribution in [3.63, 3.8) is 0 Å². The van der Waals surface area contributed by atoms with Gasteiger partial charge in [-0.05, 0) is 31.2 Å². The van der Waals surface area contributed by atoms with Crippen molar-refractivity contribution >= 4 is 28.1 Å². The average Bonchev–Trinajstić information content (AvgIpc) is 2.76. The molecule has 33 heavy (non-hydrogen) atoms. The topological polar surface area (TPSA) is 97.7 Å². The molecule has 0 aliphatic rings. The quantitative estimate of drug-likeness (QED) is 0.151. The van der Waals surface area contributed by atoms with Crippen molar-refractivity contribution in [3.05, 3.63) is 35.9 Å².